The number of aromatic carboxylic acids is 1. The zero-order chi connectivity index (χ0) is 20.4. The van der Waals surface area contributed by atoms with E-state index in [2.05, 4.69) is 4.98 Å². The number of benzene rings is 3. The Morgan fingerprint density at radius 1 is 1.03 bits per heavy atom. The van der Waals surface area contributed by atoms with Crippen LogP contribution in [0.25, 0.3) is 11.0 Å². The molecule has 0 saturated carbocycles. The summed E-state index contributed by atoms with van der Waals surface area (Å²) < 4.78 is 13.5. The fraction of sp³-hybridized carbons (Fsp3) is 0.0909. The van der Waals surface area contributed by atoms with Gasteiger partial charge in [-0.1, -0.05) is 23.7 Å². The van der Waals surface area contributed by atoms with Crippen LogP contribution in [0.4, 0.5) is 0 Å². The molecule has 1 N–H and O–H groups in total. The number of halogens is 2. The van der Waals surface area contributed by atoms with Crippen molar-refractivity contribution in [3.63, 3.8) is 0 Å². The number of rotatable bonds is 6. The van der Waals surface area contributed by atoms with Gasteiger partial charge in [-0.25, -0.2) is 9.78 Å². The van der Waals surface area contributed by atoms with Crippen molar-refractivity contribution >= 4 is 41.0 Å². The van der Waals surface area contributed by atoms with Crippen molar-refractivity contribution in [1.82, 2.24) is 9.55 Å². The molecule has 0 aliphatic rings. The summed E-state index contributed by atoms with van der Waals surface area (Å²) in [4.78, 5) is 15.7. The third-order valence-electron chi connectivity index (χ3n) is 4.43. The fourth-order valence-corrected chi connectivity index (χ4v) is 3.13. The smallest absolute Gasteiger partial charge is 0.335 e. The number of imidazole rings is 1. The minimum Gasteiger partial charge on any atom is -0.486 e. The van der Waals surface area contributed by atoms with Crippen molar-refractivity contribution in [1.29, 1.82) is 0 Å². The molecule has 0 bridgehead atoms. The van der Waals surface area contributed by atoms with E-state index in [1.54, 1.807) is 24.3 Å². The van der Waals surface area contributed by atoms with E-state index in [1.807, 2.05) is 41.9 Å². The molecule has 1 aromatic heterocycles. The Morgan fingerprint density at radius 2 is 1.77 bits per heavy atom. The van der Waals surface area contributed by atoms with Gasteiger partial charge in [-0.05, 0) is 48.5 Å². The summed E-state index contributed by atoms with van der Waals surface area (Å²) >= 11 is 6.01. The fourth-order valence-electron chi connectivity index (χ4n) is 2.95. The highest BCUT2D eigenvalue weighted by molar-refractivity contribution is 6.30. The first-order valence-electron chi connectivity index (χ1n) is 8.84. The average Bonchev–Trinajstić information content (AvgIpc) is 3.02. The summed E-state index contributed by atoms with van der Waals surface area (Å²) in [7, 11) is 1.89. The Hall–Kier alpha value is -3.22. The maximum absolute atomic E-state index is 11.1. The average molecular weight is 445 g/mol. The van der Waals surface area contributed by atoms with Gasteiger partial charge in [0.15, 0.2) is 0 Å². The van der Waals surface area contributed by atoms with E-state index in [0.29, 0.717) is 28.1 Å². The van der Waals surface area contributed by atoms with Crippen LogP contribution in [0, 0.1) is 0 Å². The van der Waals surface area contributed by atoms with E-state index in [4.69, 9.17) is 26.2 Å². The number of carbonyl (C=O) groups is 1. The SMILES string of the molecule is Cl.Cn1c(COc2cccc(C(=O)O)c2)nc2ccc(Oc3cccc(Cl)c3)cc21. The highest BCUT2D eigenvalue weighted by Crippen LogP contribution is 2.27. The summed E-state index contributed by atoms with van der Waals surface area (Å²) in [6.07, 6.45) is 0. The maximum atomic E-state index is 11.1. The molecule has 0 amide bonds. The molecule has 6 nitrogen and oxygen atoms in total. The Morgan fingerprint density at radius 3 is 2.53 bits per heavy atom. The van der Waals surface area contributed by atoms with Gasteiger partial charge < -0.3 is 19.1 Å². The molecule has 1 heterocycles. The number of aromatic nitrogens is 2. The van der Waals surface area contributed by atoms with Gasteiger partial charge in [-0.3, -0.25) is 0 Å². The first-order valence-corrected chi connectivity index (χ1v) is 9.22. The molecule has 0 radical (unpaired) electrons. The highest BCUT2D eigenvalue weighted by atomic mass is 35.5. The van der Waals surface area contributed by atoms with Crippen LogP contribution in [-0.2, 0) is 13.7 Å². The van der Waals surface area contributed by atoms with E-state index in [1.165, 1.54) is 12.1 Å². The van der Waals surface area contributed by atoms with Crippen LogP contribution in [0.1, 0.15) is 16.2 Å². The molecule has 0 atom stereocenters. The molecular weight excluding hydrogens is 427 g/mol. The number of fused-ring (bicyclic) bond motifs is 1. The topological polar surface area (TPSA) is 73.6 Å². The molecular formula is C22H18Cl2N2O4. The second-order valence-corrected chi connectivity index (χ2v) is 6.86. The van der Waals surface area contributed by atoms with Gasteiger partial charge in [0.05, 0.1) is 16.6 Å². The monoisotopic (exact) mass is 444 g/mol. The van der Waals surface area contributed by atoms with Crippen molar-refractivity contribution in [2.75, 3.05) is 0 Å². The summed E-state index contributed by atoms with van der Waals surface area (Å²) in [6.45, 7) is 0.207. The first kappa shape index (κ1) is 21.5. The molecule has 4 aromatic rings. The van der Waals surface area contributed by atoms with Gasteiger partial charge in [0.1, 0.15) is 29.7 Å². The van der Waals surface area contributed by atoms with Crippen LogP contribution >= 0.6 is 24.0 Å². The number of carboxylic acids is 1. The van der Waals surface area contributed by atoms with Crippen LogP contribution in [0.3, 0.4) is 0 Å². The lowest BCUT2D eigenvalue weighted by Gasteiger charge is -2.08. The quantitative estimate of drug-likeness (QED) is 0.411. The predicted octanol–water partition coefficient (Wildman–Crippen LogP) is 5.72. The van der Waals surface area contributed by atoms with Crippen LogP contribution < -0.4 is 9.47 Å². The second kappa shape index (κ2) is 9.07. The number of carboxylic acid groups (broad SMARTS) is 1. The molecule has 30 heavy (non-hydrogen) atoms. The molecule has 0 unspecified atom stereocenters. The standard InChI is InChI=1S/C22H17ClN2O4.ClH/c1-25-20-12-18(29-17-7-3-5-15(23)11-17)8-9-19(20)24-21(25)13-28-16-6-2-4-14(10-16)22(26)27;/h2-12H,13H2,1H3,(H,26,27);1H. The van der Waals surface area contributed by atoms with Gasteiger partial charge in [-0.2, -0.15) is 0 Å². The second-order valence-electron chi connectivity index (χ2n) is 6.42. The molecule has 4 rings (SSSR count). The third kappa shape index (κ3) is 4.67. The molecule has 3 aromatic carbocycles. The summed E-state index contributed by atoms with van der Waals surface area (Å²) in [5.41, 5.74) is 1.88. The van der Waals surface area contributed by atoms with Gasteiger partial charge in [0, 0.05) is 18.1 Å². The lowest BCUT2D eigenvalue weighted by Crippen LogP contribution is -2.04. The lowest BCUT2D eigenvalue weighted by molar-refractivity contribution is 0.0696. The van der Waals surface area contributed by atoms with Crippen LogP contribution in [0.2, 0.25) is 5.02 Å². The van der Waals surface area contributed by atoms with E-state index in [9.17, 15) is 4.79 Å². The Balaban J connectivity index is 0.00000256. The van der Waals surface area contributed by atoms with Crippen molar-refractivity contribution in [3.05, 3.63) is 83.1 Å². The largest absolute Gasteiger partial charge is 0.486 e. The van der Waals surface area contributed by atoms with E-state index < -0.39 is 5.97 Å². The van der Waals surface area contributed by atoms with Crippen LogP contribution in [0.5, 0.6) is 17.2 Å². The minimum atomic E-state index is -0.995. The minimum absolute atomic E-state index is 0. The first-order chi connectivity index (χ1) is 14.0. The molecule has 0 spiro atoms. The van der Waals surface area contributed by atoms with Gasteiger partial charge in [0.25, 0.3) is 0 Å². The van der Waals surface area contributed by atoms with Crippen LogP contribution in [0.15, 0.2) is 66.7 Å². The number of hydrogen-bond donors (Lipinski definition) is 1. The molecule has 0 aliphatic heterocycles. The van der Waals surface area contributed by atoms with Crippen molar-refractivity contribution in [2.45, 2.75) is 6.61 Å². The number of aryl methyl sites for hydroxylation is 1. The summed E-state index contributed by atoms with van der Waals surface area (Å²) in [5, 5.41) is 9.70. The number of ether oxygens (including phenoxy) is 2. The lowest BCUT2D eigenvalue weighted by atomic mass is 10.2. The zero-order valence-electron chi connectivity index (χ0n) is 15.9. The van der Waals surface area contributed by atoms with E-state index in [-0.39, 0.29) is 24.6 Å². The van der Waals surface area contributed by atoms with Gasteiger partial charge in [-0.15, -0.1) is 12.4 Å². The molecule has 0 fully saturated rings. The predicted molar refractivity (Wildman–Crippen MR) is 117 cm³/mol. The molecule has 0 aliphatic carbocycles. The van der Waals surface area contributed by atoms with Crippen molar-refractivity contribution < 1.29 is 19.4 Å². The van der Waals surface area contributed by atoms with Gasteiger partial charge >= 0.3 is 5.97 Å². The van der Waals surface area contributed by atoms with Gasteiger partial charge in [0.2, 0.25) is 0 Å². The molecule has 154 valence electrons. The van der Waals surface area contributed by atoms with Crippen molar-refractivity contribution in [2.24, 2.45) is 7.05 Å². The normalized spacial score (nSPS) is 10.5. The summed E-state index contributed by atoms with van der Waals surface area (Å²) in [6, 6.07) is 19.2. The highest BCUT2D eigenvalue weighted by Gasteiger charge is 2.11. The maximum Gasteiger partial charge on any atom is 0.335 e. The molecule has 0 saturated heterocycles. The summed E-state index contributed by atoms with van der Waals surface area (Å²) in [5.74, 6) is 1.51. The Labute approximate surface area is 184 Å². The zero-order valence-corrected chi connectivity index (χ0v) is 17.5. The van der Waals surface area contributed by atoms with E-state index in [0.717, 1.165) is 11.0 Å². The van der Waals surface area contributed by atoms with E-state index >= 15 is 0 Å². The third-order valence-corrected chi connectivity index (χ3v) is 4.66. The number of hydrogen-bond acceptors (Lipinski definition) is 4. The Bertz CT molecular complexity index is 1210. The van der Waals surface area contributed by atoms with Crippen LogP contribution in [-0.4, -0.2) is 20.6 Å². The Kier molecular flexibility index (Phi) is 6.50. The molecule has 8 heteroatoms. The van der Waals surface area contributed by atoms with Crippen molar-refractivity contribution in [3.8, 4) is 17.2 Å². The number of nitrogens with zero attached hydrogens (tertiary/aromatic N) is 2.